The zero-order valence-corrected chi connectivity index (χ0v) is 16.5. The number of methoxy groups -OCH3 is 1. The molecular weight excluding hydrogens is 372 g/mol. The molecule has 0 aliphatic carbocycles. The average Bonchev–Trinajstić information content (AvgIpc) is 3.30. The quantitative estimate of drug-likeness (QED) is 0.753. The summed E-state index contributed by atoms with van der Waals surface area (Å²) in [4.78, 5) is 42.4. The molecule has 6 rings (SSSR count). The van der Waals surface area contributed by atoms with E-state index in [9.17, 15) is 14.4 Å². The lowest BCUT2D eigenvalue weighted by Crippen LogP contribution is -2.61. The third kappa shape index (κ3) is 3.06. The van der Waals surface area contributed by atoms with Crippen LogP contribution in [0.1, 0.15) is 24.3 Å². The van der Waals surface area contributed by atoms with E-state index in [-0.39, 0.29) is 36.9 Å². The van der Waals surface area contributed by atoms with E-state index >= 15 is 0 Å². The lowest BCUT2D eigenvalue weighted by molar-refractivity contribution is -0.136. The topological polar surface area (TPSA) is 82.2 Å². The summed E-state index contributed by atoms with van der Waals surface area (Å²) in [5, 5.41) is 2.25. The number of carbonyl (C=O) groups is 3. The zero-order chi connectivity index (χ0) is 20.1. The molecule has 0 aromatic heterocycles. The van der Waals surface area contributed by atoms with Crippen molar-refractivity contribution in [2.24, 2.45) is 5.92 Å². The maximum Gasteiger partial charge on any atom is 0.325 e. The number of carbonyl (C=O) groups excluding carboxylic acids is 3. The molecule has 154 valence electrons. The van der Waals surface area contributed by atoms with Gasteiger partial charge in [-0.2, -0.15) is 0 Å². The molecule has 1 aromatic carbocycles. The van der Waals surface area contributed by atoms with Crippen LogP contribution in [0.15, 0.2) is 24.3 Å². The Balaban J connectivity index is 1.41. The Bertz CT molecular complexity index is 834. The van der Waals surface area contributed by atoms with E-state index in [0.717, 1.165) is 31.7 Å². The average molecular weight is 398 g/mol. The van der Waals surface area contributed by atoms with Crippen molar-refractivity contribution >= 4 is 17.8 Å². The molecule has 5 heterocycles. The van der Waals surface area contributed by atoms with Crippen LogP contribution in [0.25, 0.3) is 0 Å². The van der Waals surface area contributed by atoms with Gasteiger partial charge in [-0.05, 0) is 49.5 Å². The number of nitrogens with one attached hydrogen (secondary N) is 1. The summed E-state index contributed by atoms with van der Waals surface area (Å²) >= 11 is 0. The van der Waals surface area contributed by atoms with Gasteiger partial charge in [0.1, 0.15) is 18.8 Å². The first-order valence-electron chi connectivity index (χ1n) is 10.3. The van der Waals surface area contributed by atoms with Crippen molar-refractivity contribution in [3.05, 3.63) is 29.8 Å². The molecule has 1 aromatic rings. The fourth-order valence-electron chi connectivity index (χ4n) is 5.71. The van der Waals surface area contributed by atoms with Crippen molar-refractivity contribution in [1.29, 1.82) is 0 Å². The standard InChI is InChI=1S/C21H26N4O4/c1-29-15-4-2-13(3-5-15)16-10-25(18(27)12-24-11-17(26)22-21(24)28)19-14-6-8-23(9-7-14)20(16)19/h2-5,14,16,19-20H,6-12H2,1H3,(H,22,26,28)/t16-,19+,20+/m0/s1. The predicted molar refractivity (Wildman–Crippen MR) is 104 cm³/mol. The Kier molecular flexibility index (Phi) is 4.46. The first-order chi connectivity index (χ1) is 14.0. The fourth-order valence-corrected chi connectivity index (χ4v) is 5.71. The van der Waals surface area contributed by atoms with Crippen molar-refractivity contribution in [2.45, 2.75) is 30.8 Å². The summed E-state index contributed by atoms with van der Waals surface area (Å²) in [6.07, 6.45) is 2.23. The van der Waals surface area contributed by atoms with E-state index in [2.05, 4.69) is 22.3 Å². The second kappa shape index (κ2) is 7.02. The monoisotopic (exact) mass is 398 g/mol. The summed E-state index contributed by atoms with van der Waals surface area (Å²) in [6, 6.07) is 8.18. The molecule has 5 aliphatic heterocycles. The van der Waals surface area contributed by atoms with E-state index < -0.39 is 6.03 Å². The van der Waals surface area contributed by atoms with E-state index in [0.29, 0.717) is 18.5 Å². The second-order valence-corrected chi connectivity index (χ2v) is 8.49. The van der Waals surface area contributed by atoms with Gasteiger partial charge in [-0.1, -0.05) is 12.1 Å². The zero-order valence-electron chi connectivity index (χ0n) is 16.5. The van der Waals surface area contributed by atoms with E-state index in [1.54, 1.807) is 7.11 Å². The molecule has 8 heteroatoms. The predicted octanol–water partition coefficient (Wildman–Crippen LogP) is 0.636. The van der Waals surface area contributed by atoms with Crippen molar-refractivity contribution in [1.82, 2.24) is 20.0 Å². The Hall–Kier alpha value is -2.61. The lowest BCUT2D eigenvalue weighted by Gasteiger charge is -2.51. The number of amides is 4. The number of ether oxygens (including phenoxy) is 1. The van der Waals surface area contributed by atoms with Crippen molar-refractivity contribution in [3.63, 3.8) is 0 Å². The van der Waals surface area contributed by atoms with Crippen LogP contribution >= 0.6 is 0 Å². The normalized spacial score (nSPS) is 33.1. The molecule has 5 aliphatic rings. The van der Waals surface area contributed by atoms with Gasteiger partial charge >= 0.3 is 6.03 Å². The van der Waals surface area contributed by atoms with Gasteiger partial charge in [-0.15, -0.1) is 0 Å². The maximum atomic E-state index is 13.2. The van der Waals surface area contributed by atoms with E-state index in [1.165, 1.54) is 10.5 Å². The van der Waals surface area contributed by atoms with Crippen LogP contribution in [0, 0.1) is 5.92 Å². The number of hydrogen-bond donors (Lipinski definition) is 1. The van der Waals surface area contributed by atoms with Crippen LogP contribution in [0.2, 0.25) is 0 Å². The summed E-state index contributed by atoms with van der Waals surface area (Å²) in [6.45, 7) is 2.75. The Morgan fingerprint density at radius 2 is 1.86 bits per heavy atom. The molecule has 4 amide bonds. The minimum Gasteiger partial charge on any atom is -0.497 e. The molecule has 3 atom stereocenters. The highest BCUT2D eigenvalue weighted by Crippen LogP contribution is 2.46. The second-order valence-electron chi connectivity index (χ2n) is 8.49. The molecule has 0 unspecified atom stereocenters. The van der Waals surface area contributed by atoms with Gasteiger partial charge in [-0.3, -0.25) is 19.8 Å². The van der Waals surface area contributed by atoms with Crippen molar-refractivity contribution in [2.75, 3.05) is 39.8 Å². The maximum absolute atomic E-state index is 13.2. The molecular formula is C21H26N4O4. The number of fused-ring (bicyclic) bond motifs is 2. The van der Waals surface area contributed by atoms with E-state index in [1.807, 2.05) is 17.0 Å². The molecule has 8 nitrogen and oxygen atoms in total. The number of hydrogen-bond acceptors (Lipinski definition) is 5. The van der Waals surface area contributed by atoms with Crippen LogP contribution in [0.4, 0.5) is 4.79 Å². The molecule has 5 fully saturated rings. The van der Waals surface area contributed by atoms with Crippen LogP contribution in [0.5, 0.6) is 5.75 Å². The third-order valence-corrected chi connectivity index (χ3v) is 7.05. The summed E-state index contributed by atoms with van der Waals surface area (Å²) in [5.41, 5.74) is 1.22. The Morgan fingerprint density at radius 3 is 2.48 bits per heavy atom. The van der Waals surface area contributed by atoms with Crippen molar-refractivity contribution < 1.29 is 19.1 Å². The van der Waals surface area contributed by atoms with Gasteiger partial charge in [-0.25, -0.2) is 4.79 Å². The first-order valence-corrected chi connectivity index (χ1v) is 10.3. The van der Waals surface area contributed by atoms with Crippen molar-refractivity contribution in [3.8, 4) is 5.75 Å². The number of nitrogens with zero attached hydrogens (tertiary/aromatic N) is 3. The number of imide groups is 1. The molecule has 29 heavy (non-hydrogen) atoms. The van der Waals surface area contributed by atoms with Crippen LogP contribution < -0.4 is 10.1 Å². The number of benzene rings is 1. The highest BCUT2D eigenvalue weighted by atomic mass is 16.5. The minimum atomic E-state index is -0.472. The largest absolute Gasteiger partial charge is 0.497 e. The Morgan fingerprint density at radius 1 is 1.14 bits per heavy atom. The molecule has 1 N–H and O–H groups in total. The number of rotatable bonds is 4. The smallest absolute Gasteiger partial charge is 0.325 e. The van der Waals surface area contributed by atoms with Gasteiger partial charge in [0.25, 0.3) is 0 Å². The number of likely N-dealkylation sites (tertiary alicyclic amines) is 1. The molecule has 2 bridgehead atoms. The fraction of sp³-hybridized carbons (Fsp3) is 0.571. The summed E-state index contributed by atoms with van der Waals surface area (Å²) in [5.74, 6) is 1.17. The highest BCUT2D eigenvalue weighted by Gasteiger charge is 2.54. The molecule has 0 spiro atoms. The van der Waals surface area contributed by atoms with E-state index in [4.69, 9.17) is 4.74 Å². The van der Waals surface area contributed by atoms with Crippen LogP contribution in [0.3, 0.4) is 0 Å². The third-order valence-electron chi connectivity index (χ3n) is 7.05. The molecule has 5 saturated heterocycles. The minimum absolute atomic E-state index is 0.0377. The number of piperidine rings is 3. The first kappa shape index (κ1) is 18.4. The Labute approximate surface area is 169 Å². The van der Waals surface area contributed by atoms with Crippen LogP contribution in [-0.2, 0) is 9.59 Å². The summed E-state index contributed by atoms with van der Waals surface area (Å²) < 4.78 is 5.29. The SMILES string of the molecule is COc1ccc([C@@H]2CN(C(=O)CN3CC(=O)NC3=O)[C@@H]3C4CCN(CC4)[C@@H]32)cc1. The van der Waals surface area contributed by atoms with Gasteiger partial charge in [0.2, 0.25) is 11.8 Å². The van der Waals surface area contributed by atoms with Gasteiger partial charge < -0.3 is 14.5 Å². The van der Waals surface area contributed by atoms with Gasteiger partial charge in [0, 0.05) is 18.5 Å². The lowest BCUT2D eigenvalue weighted by atomic mass is 9.75. The van der Waals surface area contributed by atoms with Crippen LogP contribution in [-0.4, -0.2) is 84.5 Å². The van der Waals surface area contributed by atoms with Gasteiger partial charge in [0.05, 0.1) is 13.2 Å². The highest BCUT2D eigenvalue weighted by molar-refractivity contribution is 6.03. The number of urea groups is 1. The molecule has 0 radical (unpaired) electrons. The summed E-state index contributed by atoms with van der Waals surface area (Å²) in [7, 11) is 1.66. The van der Waals surface area contributed by atoms with Gasteiger partial charge in [0.15, 0.2) is 0 Å². The molecule has 0 saturated carbocycles.